The van der Waals surface area contributed by atoms with Crippen molar-refractivity contribution in [3.63, 3.8) is 0 Å². The van der Waals surface area contributed by atoms with Crippen molar-refractivity contribution in [1.82, 2.24) is 35.1 Å². The molecular formula is C21H13N7S. The molecule has 6 rings (SSSR count). The van der Waals surface area contributed by atoms with Crippen LogP contribution in [-0.4, -0.2) is 35.1 Å². The van der Waals surface area contributed by atoms with E-state index in [0.29, 0.717) is 0 Å². The second-order valence-electron chi connectivity index (χ2n) is 6.59. The maximum atomic E-state index is 4.53. The molecule has 0 aliphatic carbocycles. The smallest absolute Gasteiger partial charge is 0.138 e. The van der Waals surface area contributed by atoms with Gasteiger partial charge in [-0.05, 0) is 46.2 Å². The van der Waals surface area contributed by atoms with Gasteiger partial charge in [-0.25, -0.2) is 4.98 Å². The van der Waals surface area contributed by atoms with Gasteiger partial charge in [-0.2, -0.15) is 16.4 Å². The first-order valence-corrected chi connectivity index (χ1v) is 9.92. The zero-order valence-electron chi connectivity index (χ0n) is 15.0. The predicted molar refractivity (Wildman–Crippen MR) is 113 cm³/mol. The molecule has 6 aromatic heterocycles. The Morgan fingerprint density at radius 3 is 2.72 bits per heavy atom. The molecule has 29 heavy (non-hydrogen) atoms. The van der Waals surface area contributed by atoms with Crippen LogP contribution in [0.25, 0.3) is 55.8 Å². The number of nitrogens with one attached hydrogen (secondary N) is 2. The minimum atomic E-state index is 0.722. The highest BCUT2D eigenvalue weighted by atomic mass is 32.1. The van der Waals surface area contributed by atoms with Gasteiger partial charge in [-0.3, -0.25) is 20.1 Å². The fourth-order valence-electron chi connectivity index (χ4n) is 3.52. The number of thiophene rings is 1. The van der Waals surface area contributed by atoms with Gasteiger partial charge in [0, 0.05) is 29.4 Å². The Morgan fingerprint density at radius 2 is 1.86 bits per heavy atom. The molecule has 0 spiro atoms. The third kappa shape index (κ3) is 2.61. The van der Waals surface area contributed by atoms with E-state index < -0.39 is 0 Å². The van der Waals surface area contributed by atoms with Gasteiger partial charge in [0.05, 0.1) is 29.3 Å². The molecule has 6 aromatic rings. The van der Waals surface area contributed by atoms with Crippen LogP contribution >= 0.6 is 11.3 Å². The van der Waals surface area contributed by atoms with E-state index in [1.165, 1.54) is 5.56 Å². The molecular weight excluding hydrogens is 382 g/mol. The third-order valence-corrected chi connectivity index (χ3v) is 5.58. The molecule has 6 heterocycles. The van der Waals surface area contributed by atoms with E-state index in [-0.39, 0.29) is 0 Å². The van der Waals surface area contributed by atoms with Gasteiger partial charge < -0.3 is 4.98 Å². The van der Waals surface area contributed by atoms with Crippen LogP contribution in [0.15, 0.2) is 66.0 Å². The van der Waals surface area contributed by atoms with Gasteiger partial charge in [0.25, 0.3) is 0 Å². The topological polar surface area (TPSA) is 96.0 Å². The lowest BCUT2D eigenvalue weighted by atomic mass is 10.1. The van der Waals surface area contributed by atoms with Crippen molar-refractivity contribution in [2.45, 2.75) is 0 Å². The maximum absolute atomic E-state index is 4.53. The van der Waals surface area contributed by atoms with Crippen LogP contribution in [0.3, 0.4) is 0 Å². The van der Waals surface area contributed by atoms with Gasteiger partial charge in [0.1, 0.15) is 17.0 Å². The van der Waals surface area contributed by atoms with Crippen molar-refractivity contribution in [3.8, 4) is 33.9 Å². The van der Waals surface area contributed by atoms with Crippen LogP contribution in [-0.2, 0) is 0 Å². The number of fused-ring (bicyclic) bond motifs is 2. The minimum Gasteiger partial charge on any atom is -0.338 e. The Kier molecular flexibility index (Phi) is 3.50. The van der Waals surface area contributed by atoms with Crippen LogP contribution in [0.1, 0.15) is 0 Å². The monoisotopic (exact) mass is 395 g/mol. The van der Waals surface area contributed by atoms with Crippen molar-refractivity contribution >= 4 is 33.3 Å². The quantitative estimate of drug-likeness (QED) is 0.453. The average molecular weight is 395 g/mol. The van der Waals surface area contributed by atoms with Crippen molar-refractivity contribution in [3.05, 3.63) is 66.0 Å². The third-order valence-electron chi connectivity index (χ3n) is 4.89. The van der Waals surface area contributed by atoms with E-state index in [0.717, 1.165) is 50.3 Å². The second kappa shape index (κ2) is 6.32. The molecule has 2 N–H and O–H groups in total. The van der Waals surface area contributed by atoms with E-state index in [1.807, 2.05) is 18.3 Å². The van der Waals surface area contributed by atoms with Crippen LogP contribution < -0.4 is 0 Å². The van der Waals surface area contributed by atoms with Crippen molar-refractivity contribution in [2.75, 3.05) is 0 Å². The molecule has 0 saturated carbocycles. The fraction of sp³-hybridized carbons (Fsp3) is 0. The Hall–Kier alpha value is -3.91. The fourth-order valence-corrected chi connectivity index (χ4v) is 4.17. The maximum Gasteiger partial charge on any atom is 0.138 e. The van der Waals surface area contributed by atoms with Gasteiger partial charge in [-0.15, -0.1) is 0 Å². The largest absolute Gasteiger partial charge is 0.338 e. The van der Waals surface area contributed by atoms with Crippen LogP contribution in [0.5, 0.6) is 0 Å². The van der Waals surface area contributed by atoms with Gasteiger partial charge in [0.2, 0.25) is 0 Å². The molecule has 138 valence electrons. The first kappa shape index (κ1) is 16.1. The molecule has 0 aliphatic heterocycles. The number of rotatable bonds is 3. The first-order chi connectivity index (χ1) is 14.4. The van der Waals surface area contributed by atoms with Gasteiger partial charge in [-0.1, -0.05) is 0 Å². The summed E-state index contributed by atoms with van der Waals surface area (Å²) in [4.78, 5) is 20.9. The number of hydrogen-bond acceptors (Lipinski definition) is 6. The molecule has 0 saturated heterocycles. The van der Waals surface area contributed by atoms with E-state index in [1.54, 1.807) is 36.1 Å². The highest BCUT2D eigenvalue weighted by Crippen LogP contribution is 2.34. The van der Waals surface area contributed by atoms with Crippen molar-refractivity contribution < 1.29 is 0 Å². The number of nitrogens with zero attached hydrogens (tertiary/aromatic N) is 5. The molecule has 8 heteroatoms. The minimum absolute atomic E-state index is 0.722. The van der Waals surface area contributed by atoms with Crippen LogP contribution in [0, 0.1) is 0 Å². The standard InChI is InChI=1S/C21H13N7S/c1-3-24-21-14(13(1)12-2-6-29-11-12)7-17(26-21)20-15-8-16(19-9-22-4-5-23-19)25-10-18(15)27-28-20/h1-11H,(H,24,26)(H,27,28). The first-order valence-electron chi connectivity index (χ1n) is 8.98. The molecule has 0 atom stereocenters. The summed E-state index contributed by atoms with van der Waals surface area (Å²) in [6.07, 6.45) is 8.61. The summed E-state index contributed by atoms with van der Waals surface area (Å²) < 4.78 is 0. The summed E-state index contributed by atoms with van der Waals surface area (Å²) in [7, 11) is 0. The Morgan fingerprint density at radius 1 is 0.862 bits per heavy atom. The zero-order chi connectivity index (χ0) is 19.2. The Labute approximate surface area is 168 Å². The molecule has 0 aliphatic rings. The van der Waals surface area contributed by atoms with E-state index in [9.17, 15) is 0 Å². The lowest BCUT2D eigenvalue weighted by Crippen LogP contribution is -1.88. The highest BCUT2D eigenvalue weighted by Gasteiger charge is 2.15. The number of H-pyrrole nitrogens is 2. The zero-order valence-corrected chi connectivity index (χ0v) is 15.8. The number of pyridine rings is 2. The van der Waals surface area contributed by atoms with Gasteiger partial charge in [0.15, 0.2) is 0 Å². The second-order valence-corrected chi connectivity index (χ2v) is 7.37. The molecule has 0 aromatic carbocycles. The lowest BCUT2D eigenvalue weighted by molar-refractivity contribution is 1.11. The highest BCUT2D eigenvalue weighted by molar-refractivity contribution is 7.08. The molecule has 7 nitrogen and oxygen atoms in total. The van der Waals surface area contributed by atoms with Crippen molar-refractivity contribution in [1.29, 1.82) is 0 Å². The summed E-state index contributed by atoms with van der Waals surface area (Å²) in [5.41, 5.74) is 7.23. The molecule has 0 amide bonds. The molecule has 0 radical (unpaired) electrons. The van der Waals surface area contributed by atoms with Crippen LogP contribution in [0.4, 0.5) is 0 Å². The summed E-state index contributed by atoms with van der Waals surface area (Å²) in [6.45, 7) is 0. The predicted octanol–water partition coefficient (Wildman–Crippen LogP) is 4.69. The Bertz CT molecular complexity index is 1450. The Balaban J connectivity index is 1.53. The van der Waals surface area contributed by atoms with E-state index >= 15 is 0 Å². The molecule has 0 bridgehead atoms. The van der Waals surface area contributed by atoms with E-state index in [2.05, 4.69) is 58.0 Å². The number of hydrogen-bond donors (Lipinski definition) is 2. The normalized spacial score (nSPS) is 11.4. The number of aromatic nitrogens is 7. The van der Waals surface area contributed by atoms with Crippen LogP contribution in [0.2, 0.25) is 0 Å². The molecule has 0 unspecified atom stereocenters. The van der Waals surface area contributed by atoms with E-state index in [4.69, 9.17) is 0 Å². The van der Waals surface area contributed by atoms with Gasteiger partial charge >= 0.3 is 0 Å². The molecule has 0 fully saturated rings. The summed E-state index contributed by atoms with van der Waals surface area (Å²) in [5.74, 6) is 0. The SMILES string of the molecule is c1cnc(-c2cc3c(-c4cc5c(-c6ccsc6)ccnc5[nH]4)n[nH]c3cn2)cn1. The number of aromatic amines is 2. The lowest BCUT2D eigenvalue weighted by Gasteiger charge is -1.99. The average Bonchev–Trinajstić information content (AvgIpc) is 3.52. The summed E-state index contributed by atoms with van der Waals surface area (Å²) in [6, 6.07) is 8.25. The summed E-state index contributed by atoms with van der Waals surface area (Å²) in [5, 5.41) is 13.9. The van der Waals surface area contributed by atoms with Crippen molar-refractivity contribution in [2.24, 2.45) is 0 Å². The summed E-state index contributed by atoms with van der Waals surface area (Å²) >= 11 is 1.68.